The molecule has 1 aliphatic carbocycles. The van der Waals surface area contributed by atoms with Crippen molar-refractivity contribution < 1.29 is 9.53 Å². The molecule has 2 N–H and O–H groups in total. The number of ether oxygens (including phenoxy) is 1. The van der Waals surface area contributed by atoms with Gasteiger partial charge in [0.2, 0.25) is 0 Å². The molecule has 0 bridgehead atoms. The highest BCUT2D eigenvalue weighted by Gasteiger charge is 2.59. The summed E-state index contributed by atoms with van der Waals surface area (Å²) >= 11 is 1.69. The standard InChI is InChI=1S/C19H25N3O2S/c1-10(2)17-21-13-6-5-11(9-14(13)25-17)20-18(23)22-15-12-7-8-24-16(12)19(15,3)4/h5-6,9-10,12,15-16H,7-8H2,1-4H3,(H2,20,22,23)/t12-,15+,16+/m0/s1. The van der Waals surface area contributed by atoms with Gasteiger partial charge in [0, 0.05) is 35.6 Å². The van der Waals surface area contributed by atoms with E-state index >= 15 is 0 Å². The van der Waals surface area contributed by atoms with Crippen LogP contribution in [0.25, 0.3) is 10.2 Å². The van der Waals surface area contributed by atoms with Crippen LogP contribution in [0.3, 0.4) is 0 Å². The number of fused-ring (bicyclic) bond motifs is 2. The van der Waals surface area contributed by atoms with Crippen LogP contribution < -0.4 is 10.6 Å². The second kappa shape index (κ2) is 5.95. The van der Waals surface area contributed by atoms with Gasteiger partial charge in [-0.15, -0.1) is 11.3 Å². The Morgan fingerprint density at radius 2 is 2.20 bits per heavy atom. The Bertz CT molecular complexity index is 814. The number of benzene rings is 1. The Morgan fingerprint density at radius 1 is 1.40 bits per heavy atom. The highest BCUT2D eigenvalue weighted by Crippen LogP contribution is 2.52. The first-order valence-corrected chi connectivity index (χ1v) is 9.77. The molecule has 134 valence electrons. The molecule has 1 aromatic heterocycles. The number of carbonyl (C=O) groups excluding carboxylic acids is 1. The van der Waals surface area contributed by atoms with Crippen LogP contribution in [-0.4, -0.2) is 29.8 Å². The second-order valence-electron chi connectivity index (χ2n) is 8.03. The molecule has 3 atom stereocenters. The van der Waals surface area contributed by atoms with Crippen LogP contribution in [0.4, 0.5) is 10.5 Å². The number of amides is 2. The van der Waals surface area contributed by atoms with E-state index in [-0.39, 0.29) is 23.6 Å². The number of hydrogen-bond acceptors (Lipinski definition) is 4. The van der Waals surface area contributed by atoms with Crippen LogP contribution in [0.15, 0.2) is 18.2 Å². The Morgan fingerprint density at radius 3 is 2.96 bits per heavy atom. The second-order valence-corrected chi connectivity index (χ2v) is 9.09. The zero-order valence-electron chi connectivity index (χ0n) is 15.1. The van der Waals surface area contributed by atoms with Crippen molar-refractivity contribution in [1.29, 1.82) is 0 Å². The summed E-state index contributed by atoms with van der Waals surface area (Å²) in [5.41, 5.74) is 1.79. The van der Waals surface area contributed by atoms with E-state index in [4.69, 9.17) is 4.74 Å². The molecule has 5 nitrogen and oxygen atoms in total. The van der Waals surface area contributed by atoms with Crippen LogP contribution in [-0.2, 0) is 4.74 Å². The minimum absolute atomic E-state index is 0.00764. The molecule has 2 aromatic rings. The molecule has 0 spiro atoms. The molecule has 1 saturated heterocycles. The fourth-order valence-electron chi connectivity index (χ4n) is 4.19. The van der Waals surface area contributed by atoms with E-state index in [2.05, 4.69) is 43.3 Å². The van der Waals surface area contributed by atoms with Gasteiger partial charge in [0.05, 0.1) is 21.3 Å². The fraction of sp³-hybridized carbons (Fsp3) is 0.579. The molecule has 2 amide bonds. The fourth-order valence-corrected chi connectivity index (χ4v) is 5.20. The van der Waals surface area contributed by atoms with Crippen LogP contribution in [0.2, 0.25) is 0 Å². The van der Waals surface area contributed by atoms with Crippen LogP contribution >= 0.6 is 11.3 Å². The summed E-state index contributed by atoms with van der Waals surface area (Å²) in [6, 6.07) is 5.92. The predicted molar refractivity (Wildman–Crippen MR) is 101 cm³/mol. The number of urea groups is 1. The number of nitrogens with zero attached hydrogens (tertiary/aromatic N) is 1. The average molecular weight is 359 g/mol. The Labute approximate surface area is 152 Å². The van der Waals surface area contributed by atoms with Crippen molar-refractivity contribution >= 4 is 33.3 Å². The number of nitrogens with one attached hydrogen (secondary N) is 2. The molecule has 2 aliphatic rings. The van der Waals surface area contributed by atoms with E-state index in [0.717, 1.165) is 33.9 Å². The zero-order chi connectivity index (χ0) is 17.8. The number of rotatable bonds is 3. The largest absolute Gasteiger partial charge is 0.377 e. The Kier molecular flexibility index (Phi) is 4.00. The average Bonchev–Trinajstić information content (AvgIpc) is 3.17. The summed E-state index contributed by atoms with van der Waals surface area (Å²) in [4.78, 5) is 17.1. The molecular formula is C19H25N3O2S. The summed E-state index contributed by atoms with van der Waals surface area (Å²) in [6.45, 7) is 9.43. The van der Waals surface area contributed by atoms with Crippen molar-refractivity contribution in [2.45, 2.75) is 52.2 Å². The molecule has 2 fully saturated rings. The molecule has 1 saturated carbocycles. The Balaban J connectivity index is 1.45. The van der Waals surface area contributed by atoms with Crippen molar-refractivity contribution in [3.05, 3.63) is 23.2 Å². The molecule has 1 aromatic carbocycles. The van der Waals surface area contributed by atoms with Crippen molar-refractivity contribution in [2.24, 2.45) is 11.3 Å². The molecule has 2 heterocycles. The van der Waals surface area contributed by atoms with Gasteiger partial charge < -0.3 is 15.4 Å². The first-order chi connectivity index (χ1) is 11.9. The van der Waals surface area contributed by atoms with Crippen molar-refractivity contribution in [1.82, 2.24) is 10.3 Å². The third-order valence-electron chi connectivity index (χ3n) is 5.54. The summed E-state index contributed by atoms with van der Waals surface area (Å²) in [5, 5.41) is 7.26. The van der Waals surface area contributed by atoms with Gasteiger partial charge in [-0.3, -0.25) is 0 Å². The lowest BCUT2D eigenvalue weighted by Gasteiger charge is -2.54. The molecule has 6 heteroatoms. The first-order valence-electron chi connectivity index (χ1n) is 8.96. The predicted octanol–water partition coefficient (Wildman–Crippen LogP) is 4.35. The molecule has 4 rings (SSSR count). The number of thiazole rings is 1. The van der Waals surface area contributed by atoms with Gasteiger partial charge in [0.1, 0.15) is 0 Å². The van der Waals surface area contributed by atoms with Crippen LogP contribution in [0.1, 0.15) is 45.0 Å². The van der Waals surface area contributed by atoms with E-state index in [1.165, 1.54) is 0 Å². The number of aromatic nitrogens is 1. The molecule has 1 aliphatic heterocycles. The third-order valence-corrected chi connectivity index (χ3v) is 6.86. The maximum absolute atomic E-state index is 12.5. The van der Waals surface area contributed by atoms with Gasteiger partial charge in [-0.05, 0) is 24.6 Å². The Hall–Kier alpha value is -1.66. The zero-order valence-corrected chi connectivity index (χ0v) is 15.9. The quantitative estimate of drug-likeness (QED) is 0.856. The van der Waals surface area contributed by atoms with Crippen molar-refractivity contribution in [3.63, 3.8) is 0 Å². The highest BCUT2D eigenvalue weighted by atomic mass is 32.1. The van der Waals surface area contributed by atoms with Crippen molar-refractivity contribution in [3.8, 4) is 0 Å². The smallest absolute Gasteiger partial charge is 0.319 e. The van der Waals surface area contributed by atoms with Gasteiger partial charge in [0.25, 0.3) is 0 Å². The van der Waals surface area contributed by atoms with Gasteiger partial charge in [-0.2, -0.15) is 0 Å². The van der Waals surface area contributed by atoms with Gasteiger partial charge >= 0.3 is 6.03 Å². The minimum Gasteiger partial charge on any atom is -0.377 e. The normalized spacial score (nSPS) is 27.2. The monoisotopic (exact) mass is 359 g/mol. The topological polar surface area (TPSA) is 63.2 Å². The summed E-state index contributed by atoms with van der Waals surface area (Å²) in [7, 11) is 0. The third kappa shape index (κ3) is 2.81. The van der Waals surface area contributed by atoms with Crippen LogP contribution in [0, 0.1) is 11.3 Å². The number of carbonyl (C=O) groups is 1. The SMILES string of the molecule is CC(C)c1nc2ccc(NC(=O)N[C@@H]3[C@@H]4CCO[C@H]4C3(C)C)cc2s1. The lowest BCUT2D eigenvalue weighted by molar-refractivity contribution is -0.107. The summed E-state index contributed by atoms with van der Waals surface area (Å²) in [5.74, 6) is 0.859. The minimum atomic E-state index is -0.142. The maximum atomic E-state index is 12.5. The molecule has 0 unspecified atom stereocenters. The number of anilines is 1. The lowest BCUT2D eigenvalue weighted by Crippen LogP contribution is -2.67. The molecular weight excluding hydrogens is 334 g/mol. The first kappa shape index (κ1) is 16.8. The van der Waals surface area contributed by atoms with Gasteiger partial charge in [-0.25, -0.2) is 9.78 Å². The van der Waals surface area contributed by atoms with E-state index < -0.39 is 0 Å². The summed E-state index contributed by atoms with van der Waals surface area (Å²) < 4.78 is 6.90. The lowest BCUT2D eigenvalue weighted by atomic mass is 9.57. The van der Waals surface area contributed by atoms with E-state index in [1.54, 1.807) is 11.3 Å². The maximum Gasteiger partial charge on any atom is 0.319 e. The van der Waals surface area contributed by atoms with Crippen LogP contribution in [0.5, 0.6) is 0 Å². The summed E-state index contributed by atoms with van der Waals surface area (Å²) in [6.07, 6.45) is 1.31. The van der Waals surface area contributed by atoms with E-state index in [9.17, 15) is 4.79 Å². The molecule has 0 radical (unpaired) electrons. The van der Waals surface area contributed by atoms with Gasteiger partial charge in [0.15, 0.2) is 0 Å². The van der Waals surface area contributed by atoms with Crippen molar-refractivity contribution in [2.75, 3.05) is 11.9 Å². The highest BCUT2D eigenvalue weighted by molar-refractivity contribution is 7.18. The van der Waals surface area contributed by atoms with E-state index in [0.29, 0.717) is 11.8 Å². The van der Waals surface area contributed by atoms with Gasteiger partial charge in [-0.1, -0.05) is 27.7 Å². The number of hydrogen-bond donors (Lipinski definition) is 2. The van der Waals surface area contributed by atoms with E-state index in [1.807, 2.05) is 18.2 Å². The molecule has 25 heavy (non-hydrogen) atoms.